The number of cyclic esters (lactones) is 1. The van der Waals surface area contributed by atoms with Crippen molar-refractivity contribution in [3.8, 4) is 0 Å². The third-order valence-electron chi connectivity index (χ3n) is 8.11. The number of carbonyl (C=O) groups is 2. The maximum Gasteiger partial charge on any atom is 0.416 e. The molecule has 9 heteroatoms. The fourth-order valence-electron chi connectivity index (χ4n) is 4.70. The number of hydrogen-bond donors (Lipinski definition) is 1. The van der Waals surface area contributed by atoms with E-state index in [-0.39, 0.29) is 11.6 Å². The Bertz CT molecular complexity index is 946. The van der Waals surface area contributed by atoms with Gasteiger partial charge in [-0.1, -0.05) is 65.0 Å². The molecule has 8 nitrogen and oxygen atoms in total. The van der Waals surface area contributed by atoms with Crippen LogP contribution in [0.4, 0.5) is 4.79 Å². The van der Waals surface area contributed by atoms with Crippen molar-refractivity contribution in [1.29, 1.82) is 0 Å². The van der Waals surface area contributed by atoms with E-state index in [1.54, 1.807) is 6.92 Å². The van der Waals surface area contributed by atoms with E-state index in [9.17, 15) is 14.7 Å². The van der Waals surface area contributed by atoms with Crippen LogP contribution in [0.5, 0.6) is 0 Å². The summed E-state index contributed by atoms with van der Waals surface area (Å²) in [6, 6.07) is 9.27. The molecule has 1 aromatic carbocycles. The fraction of sp³-hybridized carbons (Fsp3) is 0.714. The molecule has 0 radical (unpaired) electrons. The normalized spacial score (nSPS) is 25.5. The zero-order valence-electron chi connectivity index (χ0n) is 23.8. The average Bonchev–Trinajstić information content (AvgIpc) is 3.36. The Morgan fingerprint density at radius 1 is 1.19 bits per heavy atom. The molecule has 1 N–H and O–H groups in total. The molecule has 208 valence electrons. The van der Waals surface area contributed by atoms with Gasteiger partial charge in [-0.2, -0.15) is 0 Å². The molecule has 3 rings (SSSR count). The van der Waals surface area contributed by atoms with Crippen LogP contribution in [0.15, 0.2) is 30.3 Å². The summed E-state index contributed by atoms with van der Waals surface area (Å²) in [5.41, 5.74) is 1.01. The Morgan fingerprint density at radius 2 is 1.81 bits per heavy atom. The predicted molar refractivity (Wildman–Crippen MR) is 143 cm³/mol. The van der Waals surface area contributed by atoms with Gasteiger partial charge in [0.1, 0.15) is 12.7 Å². The Labute approximate surface area is 222 Å². The van der Waals surface area contributed by atoms with E-state index in [2.05, 4.69) is 33.9 Å². The number of ether oxygens (including phenoxy) is 3. The maximum absolute atomic E-state index is 13.6. The van der Waals surface area contributed by atoms with E-state index in [1.807, 2.05) is 51.1 Å². The lowest BCUT2D eigenvalue weighted by molar-refractivity contribution is -0.160. The molecule has 2 fully saturated rings. The van der Waals surface area contributed by atoms with Crippen LogP contribution < -0.4 is 0 Å². The Kier molecular flexibility index (Phi) is 8.96. The second-order valence-corrected chi connectivity index (χ2v) is 17.2. The molecule has 0 unspecified atom stereocenters. The van der Waals surface area contributed by atoms with Crippen LogP contribution in [0.25, 0.3) is 0 Å². The Morgan fingerprint density at radius 3 is 2.35 bits per heavy atom. The Balaban J connectivity index is 1.80. The number of aliphatic hydroxyl groups excluding tert-OH is 1. The maximum atomic E-state index is 13.6. The summed E-state index contributed by atoms with van der Waals surface area (Å²) in [7, 11) is -2.26. The summed E-state index contributed by atoms with van der Waals surface area (Å²) in [5.74, 6) is -2.50. The second-order valence-electron chi connectivity index (χ2n) is 12.5. The van der Waals surface area contributed by atoms with Crippen molar-refractivity contribution in [1.82, 2.24) is 4.90 Å². The van der Waals surface area contributed by atoms with E-state index in [1.165, 1.54) is 4.90 Å². The third kappa shape index (κ3) is 6.81. The minimum atomic E-state index is -2.26. The van der Waals surface area contributed by atoms with Crippen molar-refractivity contribution in [2.75, 3.05) is 13.2 Å². The molecule has 0 bridgehead atoms. The molecule has 1 aromatic rings. The zero-order chi connectivity index (χ0) is 27.8. The van der Waals surface area contributed by atoms with E-state index < -0.39 is 62.3 Å². The molecule has 6 atom stereocenters. The van der Waals surface area contributed by atoms with Gasteiger partial charge in [-0.05, 0) is 44.0 Å². The van der Waals surface area contributed by atoms with Crippen molar-refractivity contribution >= 4 is 20.3 Å². The van der Waals surface area contributed by atoms with Crippen molar-refractivity contribution in [3.05, 3.63) is 35.9 Å². The van der Waals surface area contributed by atoms with Crippen LogP contribution in [-0.4, -0.2) is 73.7 Å². The van der Waals surface area contributed by atoms with Gasteiger partial charge in [-0.3, -0.25) is 4.79 Å². The molecule has 0 spiro atoms. The van der Waals surface area contributed by atoms with Gasteiger partial charge in [0.2, 0.25) is 5.91 Å². The first-order valence-electron chi connectivity index (χ1n) is 13.3. The SMILES string of the molecule is C[C@H]([C@@H](O)[C@H](C)C(=O)N1C(=O)OC[C@@H]1Cc1ccccc1)[C@H](O[Si](C)(C)C(C)(C)C)[C@@H]1COC(C)(C)O1. The topological polar surface area (TPSA) is 94.5 Å². The van der Waals surface area contributed by atoms with Gasteiger partial charge in [0, 0.05) is 5.92 Å². The van der Waals surface area contributed by atoms with Crippen LogP contribution >= 0.6 is 0 Å². The highest BCUT2D eigenvalue weighted by Gasteiger charge is 2.49. The van der Waals surface area contributed by atoms with E-state index >= 15 is 0 Å². The molecule has 0 aromatic heterocycles. The number of rotatable bonds is 9. The van der Waals surface area contributed by atoms with Gasteiger partial charge in [0.25, 0.3) is 0 Å². The Hall–Kier alpha value is -1.78. The van der Waals surface area contributed by atoms with Gasteiger partial charge in [-0.25, -0.2) is 9.69 Å². The van der Waals surface area contributed by atoms with Gasteiger partial charge in [-0.15, -0.1) is 0 Å². The highest BCUT2D eigenvalue weighted by Crippen LogP contribution is 2.41. The largest absolute Gasteiger partial charge is 0.447 e. The minimum absolute atomic E-state index is 0.0592. The molecule has 37 heavy (non-hydrogen) atoms. The lowest BCUT2D eigenvalue weighted by Crippen LogP contribution is -2.54. The van der Waals surface area contributed by atoms with Gasteiger partial charge in [0.15, 0.2) is 14.1 Å². The summed E-state index contributed by atoms with van der Waals surface area (Å²) in [6.07, 6.45) is -2.12. The summed E-state index contributed by atoms with van der Waals surface area (Å²) < 4.78 is 24.1. The predicted octanol–water partition coefficient (Wildman–Crippen LogP) is 4.75. The summed E-state index contributed by atoms with van der Waals surface area (Å²) in [6.45, 7) is 18.5. The first-order chi connectivity index (χ1) is 17.0. The second kappa shape index (κ2) is 11.1. The molecule has 2 aliphatic rings. The van der Waals surface area contributed by atoms with Gasteiger partial charge < -0.3 is 23.7 Å². The van der Waals surface area contributed by atoms with Gasteiger partial charge in [0.05, 0.1) is 30.8 Å². The summed E-state index contributed by atoms with van der Waals surface area (Å²) in [5, 5.41) is 11.4. The molecule has 2 aliphatic heterocycles. The zero-order valence-corrected chi connectivity index (χ0v) is 24.8. The molecule has 2 amide bonds. The molecule has 2 heterocycles. The van der Waals surface area contributed by atoms with Crippen molar-refractivity contribution in [2.45, 2.75) is 103 Å². The third-order valence-corrected chi connectivity index (χ3v) is 12.6. The number of hydrogen-bond acceptors (Lipinski definition) is 7. The standard InChI is InChI=1S/C28H45NO7Si/c1-18(24(22-17-34-28(6,7)35-22)36-37(8,9)27(3,4)5)23(30)19(2)25(31)29-21(16-33-26(29)32)15-20-13-11-10-12-14-20/h10-14,18-19,21-24,30H,15-17H2,1-9H3/t18-,19+,21+,22+,23-,24+/m1/s1. The summed E-state index contributed by atoms with van der Waals surface area (Å²) in [4.78, 5) is 27.3. The van der Waals surface area contributed by atoms with E-state index in [4.69, 9.17) is 18.6 Å². The van der Waals surface area contributed by atoms with Crippen molar-refractivity contribution in [3.63, 3.8) is 0 Å². The van der Waals surface area contributed by atoms with Crippen molar-refractivity contribution < 1.29 is 33.3 Å². The number of amides is 2. The van der Waals surface area contributed by atoms with Crippen LogP contribution in [0.2, 0.25) is 18.1 Å². The first kappa shape index (κ1) is 29.8. The molecular formula is C28H45NO7Si. The van der Waals surface area contributed by atoms with E-state index in [0.717, 1.165) is 5.56 Å². The number of nitrogens with zero attached hydrogens (tertiary/aromatic N) is 1. The number of benzene rings is 1. The highest BCUT2D eigenvalue weighted by molar-refractivity contribution is 6.74. The van der Waals surface area contributed by atoms with Gasteiger partial charge >= 0.3 is 6.09 Å². The summed E-state index contributed by atoms with van der Waals surface area (Å²) >= 11 is 0. The molecule has 0 saturated carbocycles. The van der Waals surface area contributed by atoms with Crippen LogP contribution in [0.1, 0.15) is 54.0 Å². The minimum Gasteiger partial charge on any atom is -0.447 e. The van der Waals surface area contributed by atoms with Crippen LogP contribution in [0.3, 0.4) is 0 Å². The lowest BCUT2D eigenvalue weighted by atomic mass is 9.86. The quantitative estimate of drug-likeness (QED) is 0.456. The molecule has 2 saturated heterocycles. The molecule has 0 aliphatic carbocycles. The number of carbonyl (C=O) groups excluding carboxylic acids is 2. The highest BCUT2D eigenvalue weighted by atomic mass is 28.4. The smallest absolute Gasteiger partial charge is 0.416 e. The average molecular weight is 536 g/mol. The lowest BCUT2D eigenvalue weighted by Gasteiger charge is -2.43. The first-order valence-corrected chi connectivity index (χ1v) is 16.2. The molecular weight excluding hydrogens is 490 g/mol. The van der Waals surface area contributed by atoms with Crippen LogP contribution in [-0.2, 0) is 29.9 Å². The number of aliphatic hydroxyl groups is 1. The number of imide groups is 1. The fourth-order valence-corrected chi connectivity index (χ4v) is 6.10. The van der Waals surface area contributed by atoms with E-state index in [0.29, 0.717) is 13.0 Å². The monoisotopic (exact) mass is 535 g/mol. The van der Waals surface area contributed by atoms with Crippen LogP contribution in [0, 0.1) is 11.8 Å². The van der Waals surface area contributed by atoms with Crippen molar-refractivity contribution in [2.24, 2.45) is 11.8 Å².